The number of hydrogen-bond acceptors (Lipinski definition) is 1. The van der Waals surface area contributed by atoms with Crippen LogP contribution in [0.2, 0.25) is 0 Å². The van der Waals surface area contributed by atoms with Gasteiger partial charge in [-0.1, -0.05) is 29.8 Å². The SMILES string of the molecule is CCC(CC)(CBr)NC(=O)c1c(F)c(F)c(F)c(F)c1F. The van der Waals surface area contributed by atoms with Crippen molar-refractivity contribution in [2.24, 2.45) is 0 Å². The highest BCUT2D eigenvalue weighted by Crippen LogP contribution is 2.25. The van der Waals surface area contributed by atoms with E-state index in [0.29, 0.717) is 12.8 Å². The Balaban J connectivity index is 3.32. The van der Waals surface area contributed by atoms with Crippen LogP contribution >= 0.6 is 15.9 Å². The Bertz CT molecular complexity index is 523. The smallest absolute Gasteiger partial charge is 0.257 e. The zero-order valence-electron chi connectivity index (χ0n) is 11.3. The second-order valence-corrected chi connectivity index (χ2v) is 5.08. The van der Waals surface area contributed by atoms with Crippen LogP contribution in [0.3, 0.4) is 0 Å². The molecule has 0 fully saturated rings. The van der Waals surface area contributed by atoms with Crippen molar-refractivity contribution in [3.05, 3.63) is 34.6 Å². The summed E-state index contributed by atoms with van der Waals surface area (Å²) in [5.41, 5.74) is -2.31. The Labute approximate surface area is 126 Å². The number of carbonyl (C=O) groups excluding carboxylic acids is 1. The van der Waals surface area contributed by atoms with E-state index in [2.05, 4.69) is 21.2 Å². The molecule has 0 heterocycles. The molecule has 1 aromatic carbocycles. The third kappa shape index (κ3) is 3.20. The van der Waals surface area contributed by atoms with Gasteiger partial charge in [-0.2, -0.15) is 0 Å². The molecule has 0 unspecified atom stereocenters. The quantitative estimate of drug-likeness (QED) is 0.358. The molecule has 0 saturated carbocycles. The molecule has 8 heteroatoms. The molecule has 0 radical (unpaired) electrons. The number of nitrogens with one attached hydrogen (secondary N) is 1. The van der Waals surface area contributed by atoms with Crippen molar-refractivity contribution in [1.29, 1.82) is 0 Å². The van der Waals surface area contributed by atoms with E-state index >= 15 is 0 Å². The number of rotatable bonds is 5. The molecule has 1 N–H and O–H groups in total. The van der Waals surface area contributed by atoms with Crippen molar-refractivity contribution >= 4 is 21.8 Å². The van der Waals surface area contributed by atoms with Crippen molar-refractivity contribution < 1.29 is 26.7 Å². The largest absolute Gasteiger partial charge is 0.346 e. The van der Waals surface area contributed by atoms with E-state index in [4.69, 9.17) is 0 Å². The normalized spacial score (nSPS) is 11.6. The van der Waals surface area contributed by atoms with E-state index in [1.54, 1.807) is 13.8 Å². The molecule has 0 bridgehead atoms. The molecule has 0 aliphatic carbocycles. The zero-order valence-corrected chi connectivity index (χ0v) is 12.9. The highest BCUT2D eigenvalue weighted by molar-refractivity contribution is 9.09. The molecular weight excluding hydrogens is 361 g/mol. The first kappa shape index (κ1) is 17.9. The summed E-state index contributed by atoms with van der Waals surface area (Å²) < 4.78 is 66.2. The monoisotopic (exact) mass is 373 g/mol. The predicted octanol–water partition coefficient (Wildman–Crippen LogP) is 4.07. The Morgan fingerprint density at radius 1 is 0.952 bits per heavy atom. The molecule has 2 nitrogen and oxygen atoms in total. The van der Waals surface area contributed by atoms with Crippen LogP contribution < -0.4 is 5.32 Å². The Hall–Kier alpha value is -1.18. The summed E-state index contributed by atoms with van der Waals surface area (Å²) in [5.74, 6) is -12.2. The average molecular weight is 374 g/mol. The maximum absolute atomic E-state index is 13.5. The average Bonchev–Trinajstić information content (AvgIpc) is 2.49. The lowest BCUT2D eigenvalue weighted by atomic mass is 9.95. The third-order valence-corrected chi connectivity index (χ3v) is 4.50. The van der Waals surface area contributed by atoms with Crippen LogP contribution in [0.15, 0.2) is 0 Å². The molecule has 0 aliphatic rings. The fraction of sp³-hybridized carbons (Fsp3) is 0.462. The lowest BCUT2D eigenvalue weighted by Gasteiger charge is -2.31. The minimum atomic E-state index is -2.29. The molecule has 0 atom stereocenters. The predicted molar refractivity (Wildman–Crippen MR) is 70.8 cm³/mol. The van der Waals surface area contributed by atoms with E-state index in [-0.39, 0.29) is 5.33 Å². The van der Waals surface area contributed by atoms with Crippen molar-refractivity contribution in [3.8, 4) is 0 Å². The molecule has 1 amide bonds. The minimum Gasteiger partial charge on any atom is -0.346 e. The minimum absolute atomic E-state index is 0.272. The first-order valence-electron chi connectivity index (χ1n) is 6.14. The lowest BCUT2D eigenvalue weighted by Crippen LogP contribution is -2.49. The third-order valence-electron chi connectivity index (χ3n) is 3.42. The number of amides is 1. The lowest BCUT2D eigenvalue weighted by molar-refractivity contribution is 0.0891. The first-order chi connectivity index (χ1) is 9.74. The van der Waals surface area contributed by atoms with Gasteiger partial charge < -0.3 is 5.32 Å². The zero-order chi connectivity index (χ0) is 16.4. The number of alkyl halides is 1. The molecule has 0 aromatic heterocycles. The van der Waals surface area contributed by atoms with Crippen molar-refractivity contribution in [2.75, 3.05) is 5.33 Å². The Morgan fingerprint density at radius 3 is 1.67 bits per heavy atom. The van der Waals surface area contributed by atoms with Crippen LogP contribution in [0.1, 0.15) is 37.0 Å². The maximum Gasteiger partial charge on any atom is 0.257 e. The summed E-state index contributed by atoms with van der Waals surface area (Å²) in [4.78, 5) is 11.9. The summed E-state index contributed by atoms with van der Waals surface area (Å²) in [6.07, 6.45) is 0.825. The van der Waals surface area contributed by atoms with Crippen LogP contribution in [-0.2, 0) is 0 Å². The summed E-state index contributed by atoms with van der Waals surface area (Å²) in [6, 6.07) is 0. The molecule has 1 rings (SSSR count). The van der Waals surface area contributed by atoms with Gasteiger partial charge >= 0.3 is 0 Å². The molecular formula is C13H13BrF5NO. The van der Waals surface area contributed by atoms with Gasteiger partial charge in [-0.05, 0) is 12.8 Å². The molecule has 118 valence electrons. The van der Waals surface area contributed by atoms with Gasteiger partial charge in [0, 0.05) is 10.9 Å². The van der Waals surface area contributed by atoms with E-state index in [0.717, 1.165) is 0 Å². The van der Waals surface area contributed by atoms with E-state index in [9.17, 15) is 26.7 Å². The Kier molecular flexibility index (Phi) is 5.72. The van der Waals surface area contributed by atoms with Gasteiger partial charge in [-0.15, -0.1) is 0 Å². The molecule has 0 spiro atoms. The standard InChI is InChI=1S/C13H13BrF5NO/c1-3-13(4-2,5-14)20-12(21)6-7(15)9(17)11(19)10(18)8(6)16/h3-5H2,1-2H3,(H,20,21). The van der Waals surface area contributed by atoms with Gasteiger partial charge in [0.1, 0.15) is 5.56 Å². The fourth-order valence-electron chi connectivity index (χ4n) is 1.76. The second-order valence-electron chi connectivity index (χ2n) is 4.52. The van der Waals surface area contributed by atoms with Crippen LogP contribution in [0, 0.1) is 29.1 Å². The Morgan fingerprint density at radius 2 is 1.33 bits per heavy atom. The summed E-state index contributed by atoms with van der Waals surface area (Å²) >= 11 is 3.16. The number of halogens is 6. The summed E-state index contributed by atoms with van der Waals surface area (Å²) in [7, 11) is 0. The number of carbonyl (C=O) groups is 1. The highest BCUT2D eigenvalue weighted by Gasteiger charge is 2.33. The van der Waals surface area contributed by atoms with E-state index in [1.807, 2.05) is 0 Å². The van der Waals surface area contributed by atoms with Gasteiger partial charge in [-0.25, -0.2) is 22.0 Å². The van der Waals surface area contributed by atoms with Crippen LogP contribution in [0.4, 0.5) is 22.0 Å². The second kappa shape index (κ2) is 6.72. The first-order valence-corrected chi connectivity index (χ1v) is 7.26. The summed E-state index contributed by atoms with van der Waals surface area (Å²) in [6.45, 7) is 3.45. The van der Waals surface area contributed by atoms with Gasteiger partial charge in [0.05, 0.1) is 0 Å². The van der Waals surface area contributed by atoms with Gasteiger partial charge in [0.25, 0.3) is 5.91 Å². The van der Waals surface area contributed by atoms with Crippen LogP contribution in [0.5, 0.6) is 0 Å². The van der Waals surface area contributed by atoms with Crippen LogP contribution in [-0.4, -0.2) is 16.8 Å². The van der Waals surface area contributed by atoms with Crippen molar-refractivity contribution in [3.63, 3.8) is 0 Å². The molecule has 0 saturated heterocycles. The molecule has 0 aliphatic heterocycles. The topological polar surface area (TPSA) is 29.1 Å². The maximum atomic E-state index is 13.5. The summed E-state index contributed by atoms with van der Waals surface area (Å²) in [5, 5.41) is 2.60. The molecule has 21 heavy (non-hydrogen) atoms. The number of hydrogen-bond donors (Lipinski definition) is 1. The molecule has 1 aromatic rings. The van der Waals surface area contributed by atoms with Gasteiger partial charge in [0.15, 0.2) is 23.3 Å². The van der Waals surface area contributed by atoms with Gasteiger partial charge in [-0.3, -0.25) is 4.79 Å². The van der Waals surface area contributed by atoms with E-state index in [1.165, 1.54) is 0 Å². The van der Waals surface area contributed by atoms with E-state index < -0.39 is 46.1 Å². The highest BCUT2D eigenvalue weighted by atomic mass is 79.9. The number of benzene rings is 1. The van der Waals surface area contributed by atoms with Crippen molar-refractivity contribution in [1.82, 2.24) is 5.32 Å². The van der Waals surface area contributed by atoms with Crippen LogP contribution in [0.25, 0.3) is 0 Å². The fourth-order valence-corrected chi connectivity index (χ4v) is 2.69. The van der Waals surface area contributed by atoms with Gasteiger partial charge in [0.2, 0.25) is 5.82 Å². The van der Waals surface area contributed by atoms with Crippen molar-refractivity contribution in [2.45, 2.75) is 32.2 Å².